The maximum atomic E-state index is 13.0. The van der Waals surface area contributed by atoms with Crippen molar-refractivity contribution in [3.05, 3.63) is 47.5 Å². The quantitative estimate of drug-likeness (QED) is 0.645. The van der Waals surface area contributed by atoms with Crippen LogP contribution in [0, 0.1) is 6.92 Å². The van der Waals surface area contributed by atoms with Gasteiger partial charge in [-0.15, -0.1) is 0 Å². The van der Waals surface area contributed by atoms with Crippen LogP contribution in [0.15, 0.2) is 41.3 Å². The van der Waals surface area contributed by atoms with E-state index in [4.69, 9.17) is 4.74 Å². The van der Waals surface area contributed by atoms with Crippen molar-refractivity contribution >= 4 is 37.3 Å². The van der Waals surface area contributed by atoms with Crippen molar-refractivity contribution in [3.63, 3.8) is 0 Å². The summed E-state index contributed by atoms with van der Waals surface area (Å²) in [6.45, 7) is 2.60. The van der Waals surface area contributed by atoms with Crippen LogP contribution in [0.2, 0.25) is 0 Å². The number of carbonyl (C=O) groups is 1. The number of sulfonamides is 2. The van der Waals surface area contributed by atoms with Gasteiger partial charge < -0.3 is 10.1 Å². The number of aryl methyl sites for hydroxylation is 1. The first-order valence-corrected chi connectivity index (χ1v) is 12.9. The highest BCUT2D eigenvalue weighted by Gasteiger charge is 2.30. The third kappa shape index (κ3) is 5.35. The highest BCUT2D eigenvalue weighted by atomic mass is 32.2. The first kappa shape index (κ1) is 23.0. The third-order valence-electron chi connectivity index (χ3n) is 4.90. The molecule has 0 saturated carbocycles. The van der Waals surface area contributed by atoms with Gasteiger partial charge in [-0.05, 0) is 55.7 Å². The molecule has 0 atom stereocenters. The summed E-state index contributed by atoms with van der Waals surface area (Å²) in [5, 5.41) is 2.67. The molecule has 0 radical (unpaired) electrons. The normalized spacial score (nSPS) is 14.9. The standard InChI is InChI=1S/C20H25N3O6S2/c1-14-6-8-16(13-17(14)22-30(3,25)26)21-20(24)15-7-9-18(29-2)19(12-15)31(27,28)23-10-4-5-11-23/h6-9,12-13,22H,4-5,10-11H2,1-3H3,(H,21,24). The van der Waals surface area contributed by atoms with Crippen LogP contribution in [0.1, 0.15) is 28.8 Å². The van der Waals surface area contributed by atoms with Gasteiger partial charge in [-0.1, -0.05) is 6.07 Å². The molecule has 2 aromatic rings. The third-order valence-corrected chi connectivity index (χ3v) is 7.41. The van der Waals surface area contributed by atoms with Crippen LogP contribution in [-0.4, -0.2) is 53.5 Å². The van der Waals surface area contributed by atoms with Crippen LogP contribution in [0.25, 0.3) is 0 Å². The summed E-state index contributed by atoms with van der Waals surface area (Å²) in [6, 6.07) is 9.02. The molecule has 1 aliphatic heterocycles. The zero-order valence-electron chi connectivity index (χ0n) is 17.5. The number of rotatable bonds is 7. The summed E-state index contributed by atoms with van der Waals surface area (Å²) in [5.74, 6) is -0.367. The molecule has 0 aromatic heterocycles. The molecule has 0 bridgehead atoms. The van der Waals surface area contributed by atoms with E-state index in [0.29, 0.717) is 30.0 Å². The van der Waals surface area contributed by atoms with E-state index < -0.39 is 26.0 Å². The van der Waals surface area contributed by atoms with Gasteiger partial charge in [-0.25, -0.2) is 16.8 Å². The molecular formula is C20H25N3O6S2. The van der Waals surface area contributed by atoms with Crippen molar-refractivity contribution in [1.82, 2.24) is 4.31 Å². The Bertz CT molecular complexity index is 1200. The first-order valence-electron chi connectivity index (χ1n) is 9.59. The van der Waals surface area contributed by atoms with Crippen molar-refractivity contribution in [3.8, 4) is 5.75 Å². The molecule has 31 heavy (non-hydrogen) atoms. The highest BCUT2D eigenvalue weighted by molar-refractivity contribution is 7.92. The molecule has 0 unspecified atom stereocenters. The van der Waals surface area contributed by atoms with E-state index >= 15 is 0 Å². The zero-order chi connectivity index (χ0) is 22.8. The molecule has 1 saturated heterocycles. The number of hydrogen-bond donors (Lipinski definition) is 2. The summed E-state index contributed by atoms with van der Waals surface area (Å²) in [4.78, 5) is 12.7. The average Bonchev–Trinajstić information content (AvgIpc) is 3.24. The van der Waals surface area contributed by atoms with Crippen molar-refractivity contribution in [1.29, 1.82) is 0 Å². The predicted octanol–water partition coefficient (Wildman–Crippen LogP) is 2.41. The number of nitrogens with zero attached hydrogens (tertiary/aromatic N) is 1. The Morgan fingerprint density at radius 2 is 1.71 bits per heavy atom. The SMILES string of the molecule is COc1ccc(C(=O)Nc2ccc(C)c(NS(C)(=O)=O)c2)cc1S(=O)(=O)N1CCCC1. The Kier molecular flexibility index (Phi) is 6.58. The molecule has 11 heteroatoms. The van der Waals surface area contributed by atoms with E-state index in [1.807, 2.05) is 0 Å². The van der Waals surface area contributed by atoms with Gasteiger partial charge in [-0.3, -0.25) is 9.52 Å². The second-order valence-electron chi connectivity index (χ2n) is 7.33. The van der Waals surface area contributed by atoms with Crippen molar-refractivity contribution in [2.45, 2.75) is 24.7 Å². The minimum atomic E-state index is -3.79. The van der Waals surface area contributed by atoms with Gasteiger partial charge in [0.25, 0.3) is 5.91 Å². The number of ether oxygens (including phenoxy) is 1. The topological polar surface area (TPSA) is 122 Å². The maximum Gasteiger partial charge on any atom is 0.255 e. The van der Waals surface area contributed by atoms with E-state index in [1.165, 1.54) is 35.7 Å². The van der Waals surface area contributed by atoms with E-state index in [0.717, 1.165) is 19.1 Å². The molecule has 1 amide bonds. The van der Waals surface area contributed by atoms with Crippen LogP contribution < -0.4 is 14.8 Å². The summed E-state index contributed by atoms with van der Waals surface area (Å²) in [5.41, 5.74) is 1.53. The van der Waals surface area contributed by atoms with Gasteiger partial charge in [-0.2, -0.15) is 4.31 Å². The average molecular weight is 468 g/mol. The Hall–Kier alpha value is -2.63. The van der Waals surface area contributed by atoms with Gasteiger partial charge >= 0.3 is 0 Å². The van der Waals surface area contributed by atoms with E-state index in [-0.39, 0.29) is 16.2 Å². The number of methoxy groups -OCH3 is 1. The number of hydrogen-bond acceptors (Lipinski definition) is 6. The lowest BCUT2D eigenvalue weighted by Crippen LogP contribution is -2.28. The molecule has 1 fully saturated rings. The van der Waals surface area contributed by atoms with Gasteiger partial charge in [0.15, 0.2) is 0 Å². The van der Waals surface area contributed by atoms with Crippen LogP contribution >= 0.6 is 0 Å². The number of nitrogens with one attached hydrogen (secondary N) is 2. The lowest BCUT2D eigenvalue weighted by Gasteiger charge is -2.18. The number of amides is 1. The van der Waals surface area contributed by atoms with Crippen LogP contribution in [-0.2, 0) is 20.0 Å². The minimum Gasteiger partial charge on any atom is -0.495 e. The lowest BCUT2D eigenvalue weighted by molar-refractivity contribution is 0.102. The fraction of sp³-hybridized carbons (Fsp3) is 0.350. The molecule has 9 nitrogen and oxygen atoms in total. The molecule has 1 aliphatic rings. The van der Waals surface area contributed by atoms with E-state index in [1.54, 1.807) is 19.1 Å². The summed E-state index contributed by atoms with van der Waals surface area (Å²) in [7, 11) is -5.90. The van der Waals surface area contributed by atoms with Gasteiger partial charge in [0, 0.05) is 24.3 Å². The Morgan fingerprint density at radius 1 is 1.03 bits per heavy atom. The molecule has 2 aromatic carbocycles. The molecule has 0 spiro atoms. The second kappa shape index (κ2) is 8.85. The smallest absolute Gasteiger partial charge is 0.255 e. The van der Waals surface area contributed by atoms with E-state index in [2.05, 4.69) is 10.0 Å². The Balaban J connectivity index is 1.90. The van der Waals surface area contributed by atoms with Gasteiger partial charge in [0.05, 0.1) is 19.1 Å². The fourth-order valence-corrected chi connectivity index (χ4v) is 5.62. The largest absolute Gasteiger partial charge is 0.495 e. The van der Waals surface area contributed by atoms with Crippen LogP contribution in [0.4, 0.5) is 11.4 Å². The van der Waals surface area contributed by atoms with Crippen molar-refractivity contribution < 1.29 is 26.4 Å². The number of anilines is 2. The predicted molar refractivity (Wildman–Crippen MR) is 119 cm³/mol. The van der Waals surface area contributed by atoms with Crippen molar-refractivity contribution in [2.24, 2.45) is 0 Å². The molecule has 3 rings (SSSR count). The first-order chi connectivity index (χ1) is 14.5. The maximum absolute atomic E-state index is 13.0. The van der Waals surface area contributed by atoms with Crippen LogP contribution in [0.5, 0.6) is 5.75 Å². The second-order valence-corrected chi connectivity index (χ2v) is 11.0. The highest BCUT2D eigenvalue weighted by Crippen LogP contribution is 2.30. The molecule has 2 N–H and O–H groups in total. The molecule has 1 heterocycles. The van der Waals surface area contributed by atoms with E-state index in [9.17, 15) is 21.6 Å². The van der Waals surface area contributed by atoms with Gasteiger partial charge in [0.1, 0.15) is 10.6 Å². The van der Waals surface area contributed by atoms with Crippen molar-refractivity contribution in [2.75, 3.05) is 36.5 Å². The Labute approximate surface area is 182 Å². The number of carbonyl (C=O) groups excluding carboxylic acids is 1. The lowest BCUT2D eigenvalue weighted by atomic mass is 10.1. The summed E-state index contributed by atoms with van der Waals surface area (Å²) < 4.78 is 58.1. The zero-order valence-corrected chi connectivity index (χ0v) is 19.1. The minimum absolute atomic E-state index is 0.0621. The summed E-state index contributed by atoms with van der Waals surface area (Å²) >= 11 is 0. The monoisotopic (exact) mass is 467 g/mol. The Morgan fingerprint density at radius 3 is 2.32 bits per heavy atom. The van der Waals surface area contributed by atoms with Gasteiger partial charge in [0.2, 0.25) is 20.0 Å². The summed E-state index contributed by atoms with van der Waals surface area (Å²) in [6.07, 6.45) is 2.62. The van der Waals surface area contributed by atoms with Crippen LogP contribution in [0.3, 0.4) is 0 Å². The number of benzene rings is 2. The molecular weight excluding hydrogens is 442 g/mol. The fourth-order valence-electron chi connectivity index (χ4n) is 3.30. The molecule has 168 valence electrons. The molecule has 0 aliphatic carbocycles.